The van der Waals surface area contributed by atoms with Gasteiger partial charge in [-0.25, -0.2) is 0 Å². The Kier molecular flexibility index (Phi) is 6.54. The van der Waals surface area contributed by atoms with Crippen molar-refractivity contribution in [3.8, 4) is 0 Å². The summed E-state index contributed by atoms with van der Waals surface area (Å²) >= 11 is 0. The molecule has 3 N–H and O–H groups in total. The molecule has 0 bridgehead atoms. The molecule has 0 radical (unpaired) electrons. The lowest BCUT2D eigenvalue weighted by Gasteiger charge is -2.29. The largest absolute Gasteiger partial charge is 0.351 e. The van der Waals surface area contributed by atoms with Gasteiger partial charge in [0.05, 0.1) is 0 Å². The van der Waals surface area contributed by atoms with E-state index in [1.807, 2.05) is 0 Å². The second-order valence-corrected chi connectivity index (χ2v) is 4.10. The van der Waals surface area contributed by atoms with Crippen LogP contribution >= 0.6 is 0 Å². The molecule has 1 amide bonds. The number of amides is 1. The topological polar surface area (TPSA) is 55.1 Å². The van der Waals surface area contributed by atoms with Gasteiger partial charge in [-0.15, -0.1) is 0 Å². The van der Waals surface area contributed by atoms with E-state index in [9.17, 15) is 4.79 Å². The summed E-state index contributed by atoms with van der Waals surface area (Å²) in [6, 6.07) is 0. The lowest BCUT2D eigenvalue weighted by atomic mass is 9.94. The molecular formula is C11H24N2O. The van der Waals surface area contributed by atoms with Crippen molar-refractivity contribution in [3.05, 3.63) is 0 Å². The number of hydrogen-bond donors (Lipinski definition) is 2. The average Bonchev–Trinajstić information content (AvgIpc) is 2.15. The molecule has 0 rings (SSSR count). The SMILES string of the molecule is CCCCC(=O)NC(C)(CC)CCN. The second-order valence-electron chi connectivity index (χ2n) is 4.10. The van der Waals surface area contributed by atoms with E-state index in [1.54, 1.807) is 0 Å². The van der Waals surface area contributed by atoms with Crippen molar-refractivity contribution >= 4 is 5.91 Å². The van der Waals surface area contributed by atoms with Crippen LogP contribution in [0, 0.1) is 0 Å². The first-order valence-corrected chi connectivity index (χ1v) is 5.59. The summed E-state index contributed by atoms with van der Waals surface area (Å²) < 4.78 is 0. The van der Waals surface area contributed by atoms with E-state index in [1.165, 1.54) is 0 Å². The summed E-state index contributed by atoms with van der Waals surface area (Å²) in [7, 11) is 0. The molecule has 0 aliphatic carbocycles. The van der Waals surface area contributed by atoms with Crippen molar-refractivity contribution in [1.82, 2.24) is 5.32 Å². The molecule has 0 spiro atoms. The Bertz CT molecular complexity index is 171. The standard InChI is InChI=1S/C11H24N2O/c1-4-6-7-10(14)13-11(3,5-2)8-9-12/h4-9,12H2,1-3H3,(H,13,14). The molecular weight excluding hydrogens is 176 g/mol. The van der Waals surface area contributed by atoms with Crippen LogP contribution in [0.3, 0.4) is 0 Å². The lowest BCUT2D eigenvalue weighted by molar-refractivity contribution is -0.123. The molecule has 0 saturated carbocycles. The van der Waals surface area contributed by atoms with Gasteiger partial charge in [-0.2, -0.15) is 0 Å². The molecule has 14 heavy (non-hydrogen) atoms. The fourth-order valence-electron chi connectivity index (χ4n) is 1.38. The smallest absolute Gasteiger partial charge is 0.220 e. The molecule has 3 heteroatoms. The van der Waals surface area contributed by atoms with Crippen LogP contribution < -0.4 is 11.1 Å². The summed E-state index contributed by atoms with van der Waals surface area (Å²) in [6.07, 6.45) is 4.45. The number of nitrogens with two attached hydrogens (primary N) is 1. The summed E-state index contributed by atoms with van der Waals surface area (Å²) in [4.78, 5) is 11.5. The van der Waals surface area contributed by atoms with Crippen LogP contribution in [0.5, 0.6) is 0 Å². The first-order valence-electron chi connectivity index (χ1n) is 5.59. The molecule has 0 aromatic heterocycles. The molecule has 0 aliphatic heterocycles. The van der Waals surface area contributed by atoms with Gasteiger partial charge >= 0.3 is 0 Å². The summed E-state index contributed by atoms with van der Waals surface area (Å²) in [5, 5.41) is 3.06. The second kappa shape index (κ2) is 6.82. The molecule has 0 aromatic rings. The fourth-order valence-corrected chi connectivity index (χ4v) is 1.38. The van der Waals surface area contributed by atoms with Crippen LogP contribution in [-0.4, -0.2) is 18.0 Å². The Balaban J connectivity index is 3.96. The summed E-state index contributed by atoms with van der Waals surface area (Å²) in [6.45, 7) is 6.85. The van der Waals surface area contributed by atoms with Crippen LogP contribution in [0.1, 0.15) is 52.9 Å². The highest BCUT2D eigenvalue weighted by Gasteiger charge is 2.22. The van der Waals surface area contributed by atoms with Gasteiger partial charge in [0.25, 0.3) is 0 Å². The highest BCUT2D eigenvalue weighted by molar-refractivity contribution is 5.76. The molecule has 1 atom stereocenters. The van der Waals surface area contributed by atoms with Crippen LogP contribution in [-0.2, 0) is 4.79 Å². The van der Waals surface area contributed by atoms with Gasteiger partial charge in [-0.1, -0.05) is 20.3 Å². The maximum absolute atomic E-state index is 11.5. The zero-order valence-corrected chi connectivity index (χ0v) is 9.73. The summed E-state index contributed by atoms with van der Waals surface area (Å²) in [5.74, 6) is 0.157. The van der Waals surface area contributed by atoms with Crippen LogP contribution in [0.4, 0.5) is 0 Å². The van der Waals surface area contributed by atoms with E-state index < -0.39 is 0 Å². The van der Waals surface area contributed by atoms with E-state index in [0.29, 0.717) is 13.0 Å². The van der Waals surface area contributed by atoms with E-state index in [4.69, 9.17) is 5.73 Å². The Morgan fingerprint density at radius 1 is 1.43 bits per heavy atom. The van der Waals surface area contributed by atoms with Gasteiger partial charge in [-0.05, 0) is 32.7 Å². The minimum atomic E-state index is -0.112. The number of unbranched alkanes of at least 4 members (excludes halogenated alkanes) is 1. The minimum Gasteiger partial charge on any atom is -0.351 e. The zero-order chi connectivity index (χ0) is 11.0. The fraction of sp³-hybridized carbons (Fsp3) is 0.909. The Morgan fingerprint density at radius 2 is 2.07 bits per heavy atom. The van der Waals surface area contributed by atoms with Gasteiger partial charge < -0.3 is 11.1 Å². The lowest BCUT2D eigenvalue weighted by Crippen LogP contribution is -2.46. The predicted molar refractivity (Wildman–Crippen MR) is 60.0 cm³/mol. The van der Waals surface area contributed by atoms with Crippen LogP contribution in [0.15, 0.2) is 0 Å². The van der Waals surface area contributed by atoms with Crippen molar-refractivity contribution in [2.45, 2.75) is 58.4 Å². The quantitative estimate of drug-likeness (QED) is 0.658. The van der Waals surface area contributed by atoms with Crippen LogP contribution in [0.2, 0.25) is 0 Å². The van der Waals surface area contributed by atoms with Crippen molar-refractivity contribution in [2.24, 2.45) is 5.73 Å². The molecule has 0 aromatic carbocycles. The Labute approximate surface area is 87.4 Å². The van der Waals surface area contributed by atoms with Crippen molar-refractivity contribution < 1.29 is 4.79 Å². The number of rotatable bonds is 7. The maximum Gasteiger partial charge on any atom is 0.220 e. The molecule has 84 valence electrons. The van der Waals surface area contributed by atoms with Gasteiger partial charge in [0.1, 0.15) is 0 Å². The third-order valence-electron chi connectivity index (χ3n) is 2.68. The highest BCUT2D eigenvalue weighted by Crippen LogP contribution is 2.13. The van der Waals surface area contributed by atoms with Gasteiger partial charge in [0, 0.05) is 12.0 Å². The molecule has 3 nitrogen and oxygen atoms in total. The third-order valence-corrected chi connectivity index (χ3v) is 2.68. The van der Waals surface area contributed by atoms with Crippen molar-refractivity contribution in [3.63, 3.8) is 0 Å². The minimum absolute atomic E-state index is 0.112. The van der Waals surface area contributed by atoms with Gasteiger partial charge in [0.15, 0.2) is 0 Å². The van der Waals surface area contributed by atoms with E-state index in [2.05, 4.69) is 26.1 Å². The van der Waals surface area contributed by atoms with Crippen molar-refractivity contribution in [1.29, 1.82) is 0 Å². The molecule has 1 unspecified atom stereocenters. The molecule has 0 saturated heterocycles. The Hall–Kier alpha value is -0.570. The zero-order valence-electron chi connectivity index (χ0n) is 9.73. The first kappa shape index (κ1) is 13.4. The number of hydrogen-bond acceptors (Lipinski definition) is 2. The van der Waals surface area contributed by atoms with E-state index in [0.717, 1.165) is 25.7 Å². The van der Waals surface area contributed by atoms with E-state index in [-0.39, 0.29) is 11.4 Å². The summed E-state index contributed by atoms with van der Waals surface area (Å²) in [5.41, 5.74) is 5.40. The normalized spacial score (nSPS) is 14.9. The Morgan fingerprint density at radius 3 is 2.50 bits per heavy atom. The van der Waals surface area contributed by atoms with Gasteiger partial charge in [-0.3, -0.25) is 4.79 Å². The molecule has 0 heterocycles. The number of carbonyl (C=O) groups is 1. The van der Waals surface area contributed by atoms with E-state index >= 15 is 0 Å². The highest BCUT2D eigenvalue weighted by atomic mass is 16.1. The average molecular weight is 200 g/mol. The monoisotopic (exact) mass is 200 g/mol. The number of nitrogens with one attached hydrogen (secondary N) is 1. The molecule has 0 fully saturated rings. The maximum atomic E-state index is 11.5. The van der Waals surface area contributed by atoms with Crippen molar-refractivity contribution in [2.75, 3.05) is 6.54 Å². The molecule has 0 aliphatic rings. The first-order chi connectivity index (χ1) is 6.58. The number of carbonyl (C=O) groups excluding carboxylic acids is 1. The third kappa shape index (κ3) is 5.22. The van der Waals surface area contributed by atoms with Crippen LogP contribution in [0.25, 0.3) is 0 Å². The predicted octanol–water partition coefficient (Wildman–Crippen LogP) is 1.81. The van der Waals surface area contributed by atoms with Gasteiger partial charge in [0.2, 0.25) is 5.91 Å².